The van der Waals surface area contributed by atoms with Gasteiger partial charge in [0.25, 0.3) is 0 Å². The SMILES string of the molecule is N[C@H](C(=O)N1C(=O)OC[C@@H]1Cc1ccccc1)C(c1cc(F)cc(F)c1)C(F)(F)F. The van der Waals surface area contributed by atoms with Crippen LogP contribution in [0.2, 0.25) is 0 Å². The lowest BCUT2D eigenvalue weighted by molar-refractivity contribution is -0.163. The number of carbonyl (C=O) groups is 2. The lowest BCUT2D eigenvalue weighted by atomic mass is 9.89. The van der Waals surface area contributed by atoms with Crippen LogP contribution in [0.3, 0.4) is 0 Å². The Bertz CT molecular complexity index is 916. The number of imide groups is 1. The molecule has 3 rings (SSSR count). The topological polar surface area (TPSA) is 72.6 Å². The van der Waals surface area contributed by atoms with Crippen molar-refractivity contribution in [1.29, 1.82) is 0 Å². The predicted octanol–water partition coefficient (Wildman–Crippen LogP) is 3.53. The normalized spacial score (nSPS) is 18.8. The molecule has 2 N–H and O–H groups in total. The van der Waals surface area contributed by atoms with Gasteiger partial charge in [0, 0.05) is 6.07 Å². The Hall–Kier alpha value is -3.01. The summed E-state index contributed by atoms with van der Waals surface area (Å²) in [6.45, 7) is -0.211. The van der Waals surface area contributed by atoms with E-state index >= 15 is 0 Å². The van der Waals surface area contributed by atoms with Gasteiger partial charge in [-0.05, 0) is 29.7 Å². The van der Waals surface area contributed by atoms with Gasteiger partial charge in [0.15, 0.2) is 0 Å². The molecule has 1 aliphatic rings. The van der Waals surface area contributed by atoms with Gasteiger partial charge in [0.2, 0.25) is 5.91 Å². The number of halogens is 5. The van der Waals surface area contributed by atoms with Crippen LogP contribution in [0.25, 0.3) is 0 Å². The number of benzene rings is 2. The monoisotopic (exact) mass is 428 g/mol. The van der Waals surface area contributed by atoms with Crippen LogP contribution in [0.1, 0.15) is 17.0 Å². The fourth-order valence-corrected chi connectivity index (χ4v) is 3.42. The van der Waals surface area contributed by atoms with Gasteiger partial charge in [-0.15, -0.1) is 0 Å². The number of hydrogen-bond acceptors (Lipinski definition) is 4. The van der Waals surface area contributed by atoms with Crippen molar-refractivity contribution in [2.75, 3.05) is 6.61 Å². The molecule has 0 spiro atoms. The summed E-state index contributed by atoms with van der Waals surface area (Å²) >= 11 is 0. The van der Waals surface area contributed by atoms with Crippen LogP contribution in [-0.2, 0) is 16.0 Å². The maximum atomic E-state index is 13.7. The molecular formula is C20H17F5N2O3. The molecule has 30 heavy (non-hydrogen) atoms. The number of alkyl halides is 3. The molecule has 1 heterocycles. The zero-order chi connectivity index (χ0) is 22.1. The van der Waals surface area contributed by atoms with E-state index in [1.165, 1.54) is 0 Å². The van der Waals surface area contributed by atoms with Gasteiger partial charge in [0.1, 0.15) is 30.2 Å². The minimum atomic E-state index is -5.10. The lowest BCUT2D eigenvalue weighted by Gasteiger charge is -2.29. The summed E-state index contributed by atoms with van der Waals surface area (Å²) in [6.07, 6.45) is -6.08. The molecule has 0 saturated carbocycles. The summed E-state index contributed by atoms with van der Waals surface area (Å²) in [7, 11) is 0. The highest BCUT2D eigenvalue weighted by Gasteiger charge is 2.51. The van der Waals surface area contributed by atoms with Crippen molar-refractivity contribution in [1.82, 2.24) is 4.90 Å². The Balaban J connectivity index is 1.90. The molecule has 1 saturated heterocycles. The minimum absolute atomic E-state index is 0.149. The first kappa shape index (κ1) is 21.7. The highest BCUT2D eigenvalue weighted by atomic mass is 19.4. The second kappa shape index (κ2) is 8.39. The van der Waals surface area contributed by atoms with Crippen LogP contribution in [0, 0.1) is 11.6 Å². The molecule has 1 unspecified atom stereocenters. The molecular weight excluding hydrogens is 411 g/mol. The van der Waals surface area contributed by atoms with Crippen molar-refractivity contribution in [3.8, 4) is 0 Å². The highest BCUT2D eigenvalue weighted by molar-refractivity contribution is 5.97. The van der Waals surface area contributed by atoms with Crippen molar-refractivity contribution >= 4 is 12.0 Å². The fraction of sp³-hybridized carbons (Fsp3) is 0.300. The molecule has 2 amide bonds. The molecule has 3 atom stereocenters. The third kappa shape index (κ3) is 4.59. The molecule has 0 radical (unpaired) electrons. The molecule has 1 aliphatic heterocycles. The molecule has 0 aromatic heterocycles. The molecule has 2 aromatic rings. The Morgan fingerprint density at radius 1 is 1.13 bits per heavy atom. The zero-order valence-electron chi connectivity index (χ0n) is 15.4. The first-order valence-electron chi connectivity index (χ1n) is 8.90. The quantitative estimate of drug-likeness (QED) is 0.740. The van der Waals surface area contributed by atoms with E-state index in [0.717, 1.165) is 5.56 Å². The summed E-state index contributed by atoms with van der Waals surface area (Å²) in [4.78, 5) is 25.4. The average molecular weight is 428 g/mol. The predicted molar refractivity (Wildman–Crippen MR) is 95.3 cm³/mol. The molecule has 160 valence electrons. The van der Waals surface area contributed by atoms with E-state index in [0.29, 0.717) is 23.1 Å². The smallest absolute Gasteiger partial charge is 0.417 e. The van der Waals surface area contributed by atoms with Gasteiger partial charge in [-0.2, -0.15) is 13.2 Å². The van der Waals surface area contributed by atoms with Crippen molar-refractivity contribution in [2.45, 2.75) is 30.6 Å². The highest BCUT2D eigenvalue weighted by Crippen LogP contribution is 2.38. The van der Waals surface area contributed by atoms with Crippen LogP contribution in [-0.4, -0.2) is 41.8 Å². The van der Waals surface area contributed by atoms with Crippen molar-refractivity contribution in [3.63, 3.8) is 0 Å². The number of hydrogen-bond donors (Lipinski definition) is 1. The van der Waals surface area contributed by atoms with Gasteiger partial charge in [0.05, 0.1) is 6.04 Å². The number of ether oxygens (including phenoxy) is 1. The van der Waals surface area contributed by atoms with Crippen LogP contribution >= 0.6 is 0 Å². The van der Waals surface area contributed by atoms with Gasteiger partial charge < -0.3 is 10.5 Å². The molecule has 10 heteroatoms. The van der Waals surface area contributed by atoms with Crippen molar-refractivity contribution in [3.05, 3.63) is 71.3 Å². The first-order valence-corrected chi connectivity index (χ1v) is 8.90. The lowest BCUT2D eigenvalue weighted by Crippen LogP contribution is -2.53. The van der Waals surface area contributed by atoms with Gasteiger partial charge >= 0.3 is 12.3 Å². The van der Waals surface area contributed by atoms with Crippen LogP contribution in [0.4, 0.5) is 26.7 Å². The Labute approximate surface area is 168 Å². The number of carbonyl (C=O) groups excluding carboxylic acids is 2. The Kier molecular flexibility index (Phi) is 6.06. The summed E-state index contributed by atoms with van der Waals surface area (Å²) in [6, 6.07) is 6.79. The number of nitrogens with zero attached hydrogens (tertiary/aromatic N) is 1. The van der Waals surface area contributed by atoms with E-state index in [4.69, 9.17) is 10.5 Å². The summed E-state index contributed by atoms with van der Waals surface area (Å²) in [5.74, 6) is -6.56. The Morgan fingerprint density at radius 3 is 2.30 bits per heavy atom. The van der Waals surface area contributed by atoms with Gasteiger partial charge in [-0.3, -0.25) is 4.79 Å². The summed E-state index contributed by atoms with van der Waals surface area (Å²) in [5.41, 5.74) is 5.49. The Morgan fingerprint density at radius 2 is 1.73 bits per heavy atom. The number of nitrogens with two attached hydrogens (primary N) is 1. The summed E-state index contributed by atoms with van der Waals surface area (Å²) in [5, 5.41) is 0. The minimum Gasteiger partial charge on any atom is -0.447 e. The molecule has 0 aliphatic carbocycles. The largest absolute Gasteiger partial charge is 0.447 e. The van der Waals surface area contributed by atoms with E-state index in [1.807, 2.05) is 0 Å². The first-order chi connectivity index (χ1) is 14.1. The molecule has 5 nitrogen and oxygen atoms in total. The number of amides is 2. The maximum Gasteiger partial charge on any atom is 0.417 e. The fourth-order valence-electron chi connectivity index (χ4n) is 3.42. The number of cyclic esters (lactones) is 1. The average Bonchev–Trinajstić information content (AvgIpc) is 3.00. The van der Waals surface area contributed by atoms with E-state index in [9.17, 15) is 31.5 Å². The second-order valence-corrected chi connectivity index (χ2v) is 6.88. The molecule has 0 bridgehead atoms. The maximum absolute atomic E-state index is 13.7. The van der Waals surface area contributed by atoms with Crippen LogP contribution in [0.5, 0.6) is 0 Å². The number of rotatable bonds is 5. The summed E-state index contributed by atoms with van der Waals surface area (Å²) < 4.78 is 72.9. The van der Waals surface area contributed by atoms with E-state index in [1.54, 1.807) is 30.3 Å². The van der Waals surface area contributed by atoms with Crippen molar-refractivity contribution in [2.24, 2.45) is 5.73 Å². The van der Waals surface area contributed by atoms with Gasteiger partial charge in [-0.1, -0.05) is 30.3 Å². The molecule has 2 aromatic carbocycles. The van der Waals surface area contributed by atoms with Crippen molar-refractivity contribution < 1.29 is 36.3 Å². The van der Waals surface area contributed by atoms with Crippen LogP contribution < -0.4 is 5.73 Å². The zero-order valence-corrected chi connectivity index (χ0v) is 15.4. The van der Waals surface area contributed by atoms with Gasteiger partial charge in [-0.25, -0.2) is 18.5 Å². The van der Waals surface area contributed by atoms with E-state index in [-0.39, 0.29) is 13.0 Å². The molecule has 1 fully saturated rings. The van der Waals surface area contributed by atoms with E-state index < -0.39 is 53.4 Å². The third-order valence-electron chi connectivity index (χ3n) is 4.75. The standard InChI is InChI=1S/C20H17F5N2O3/c21-13-7-12(8-14(22)9-13)16(20(23,24)25)17(26)18(28)27-15(10-30-19(27)29)6-11-4-2-1-3-5-11/h1-5,7-9,15-17H,6,10,26H2/t15-,16?,17-/m0/s1. The second-order valence-electron chi connectivity index (χ2n) is 6.88. The third-order valence-corrected chi connectivity index (χ3v) is 4.75. The van der Waals surface area contributed by atoms with E-state index in [2.05, 4.69) is 0 Å². The van der Waals surface area contributed by atoms with Crippen LogP contribution in [0.15, 0.2) is 48.5 Å².